The molecule has 3 amide bonds. The molecule has 2 rings (SSSR count). The van der Waals surface area contributed by atoms with Crippen LogP contribution in [0, 0.1) is 11.8 Å². The van der Waals surface area contributed by atoms with Crippen LogP contribution in [0.2, 0.25) is 0 Å². The molecule has 2 heterocycles. The van der Waals surface area contributed by atoms with E-state index in [0.29, 0.717) is 26.2 Å². The second-order valence-corrected chi connectivity index (χ2v) is 5.31. The van der Waals surface area contributed by atoms with Gasteiger partial charge in [0.15, 0.2) is 0 Å². The van der Waals surface area contributed by atoms with Crippen LogP contribution in [-0.4, -0.2) is 77.5 Å². The maximum Gasteiger partial charge on any atom is 0.320 e. The number of carbonyl (C=O) groups is 3. The zero-order valence-electron chi connectivity index (χ0n) is 11.2. The molecular formula is C12H19N3O4. The van der Waals surface area contributed by atoms with Gasteiger partial charge in [-0.1, -0.05) is 6.92 Å². The first-order valence-corrected chi connectivity index (χ1v) is 6.40. The number of carbonyl (C=O) groups excluding carboxylic acids is 2. The summed E-state index contributed by atoms with van der Waals surface area (Å²) in [7, 11) is 1.72. The Kier molecular flexibility index (Phi) is 3.64. The van der Waals surface area contributed by atoms with Crippen LogP contribution in [-0.2, 0) is 9.59 Å². The number of likely N-dealkylation sites (tertiary alicyclic amines) is 1. The van der Waals surface area contributed by atoms with E-state index in [4.69, 9.17) is 5.11 Å². The molecule has 0 radical (unpaired) electrons. The fourth-order valence-corrected chi connectivity index (χ4v) is 2.31. The fraction of sp³-hybridized carbons (Fsp3) is 0.750. The molecule has 2 aliphatic heterocycles. The van der Waals surface area contributed by atoms with Crippen LogP contribution >= 0.6 is 0 Å². The molecule has 0 saturated carbocycles. The van der Waals surface area contributed by atoms with Gasteiger partial charge in [-0.25, -0.2) is 4.79 Å². The van der Waals surface area contributed by atoms with E-state index in [1.807, 2.05) is 0 Å². The van der Waals surface area contributed by atoms with Gasteiger partial charge < -0.3 is 19.8 Å². The van der Waals surface area contributed by atoms with Crippen molar-refractivity contribution in [1.82, 2.24) is 14.7 Å². The normalized spacial score (nSPS) is 22.2. The summed E-state index contributed by atoms with van der Waals surface area (Å²) in [6, 6.07) is -0.157. The van der Waals surface area contributed by atoms with E-state index >= 15 is 0 Å². The largest absolute Gasteiger partial charge is 0.481 e. The summed E-state index contributed by atoms with van der Waals surface area (Å²) in [5, 5.41) is 8.89. The first kappa shape index (κ1) is 13.6. The lowest BCUT2D eigenvalue weighted by molar-refractivity contribution is -0.144. The minimum atomic E-state index is -0.827. The highest BCUT2D eigenvalue weighted by atomic mass is 16.4. The molecule has 7 heteroatoms. The Morgan fingerprint density at radius 2 is 1.89 bits per heavy atom. The highest BCUT2D eigenvalue weighted by Crippen LogP contribution is 2.25. The number of hydrogen-bond donors (Lipinski definition) is 1. The lowest BCUT2D eigenvalue weighted by Gasteiger charge is -2.44. The molecule has 1 atom stereocenters. The number of carboxylic acid groups (broad SMARTS) is 1. The number of carboxylic acids is 1. The first-order valence-electron chi connectivity index (χ1n) is 6.40. The topological polar surface area (TPSA) is 81.2 Å². The van der Waals surface area contributed by atoms with E-state index in [0.717, 1.165) is 0 Å². The van der Waals surface area contributed by atoms with Crippen molar-refractivity contribution in [2.45, 2.75) is 6.92 Å². The molecule has 0 spiro atoms. The minimum Gasteiger partial charge on any atom is -0.481 e. The predicted molar refractivity (Wildman–Crippen MR) is 66.5 cm³/mol. The quantitative estimate of drug-likeness (QED) is 0.735. The van der Waals surface area contributed by atoms with E-state index in [2.05, 4.69) is 0 Å². The Morgan fingerprint density at radius 3 is 2.42 bits per heavy atom. The van der Waals surface area contributed by atoms with Crippen LogP contribution in [0.5, 0.6) is 0 Å². The Bertz CT molecular complexity index is 406. The summed E-state index contributed by atoms with van der Waals surface area (Å²) in [4.78, 5) is 39.2. The number of likely N-dealkylation sites (N-methyl/N-ethyl adjacent to an activating group) is 1. The van der Waals surface area contributed by atoms with Gasteiger partial charge in [0.05, 0.1) is 5.92 Å². The summed E-state index contributed by atoms with van der Waals surface area (Å²) >= 11 is 0. The third-order valence-corrected chi connectivity index (χ3v) is 4.00. The highest BCUT2D eigenvalue weighted by Gasteiger charge is 2.39. The maximum atomic E-state index is 12.1. The van der Waals surface area contributed by atoms with Crippen LogP contribution in [0.15, 0.2) is 0 Å². The van der Waals surface area contributed by atoms with Crippen LogP contribution in [0.1, 0.15) is 6.92 Å². The summed E-state index contributed by atoms with van der Waals surface area (Å²) < 4.78 is 0. The summed E-state index contributed by atoms with van der Waals surface area (Å²) in [6.45, 7) is 3.79. The zero-order valence-corrected chi connectivity index (χ0v) is 11.2. The Labute approximate surface area is 111 Å². The molecule has 2 fully saturated rings. The second-order valence-electron chi connectivity index (χ2n) is 5.31. The molecule has 0 aromatic rings. The van der Waals surface area contributed by atoms with Crippen LogP contribution < -0.4 is 0 Å². The van der Waals surface area contributed by atoms with Crippen molar-refractivity contribution >= 4 is 17.9 Å². The van der Waals surface area contributed by atoms with Crippen molar-refractivity contribution in [2.75, 3.05) is 39.8 Å². The van der Waals surface area contributed by atoms with Gasteiger partial charge in [0, 0.05) is 39.1 Å². The summed E-state index contributed by atoms with van der Waals surface area (Å²) in [5.74, 6) is -1.30. The lowest BCUT2D eigenvalue weighted by Crippen LogP contribution is -2.60. The molecule has 0 aromatic carbocycles. The smallest absolute Gasteiger partial charge is 0.320 e. The maximum absolute atomic E-state index is 12.1. The fourth-order valence-electron chi connectivity index (χ4n) is 2.31. The molecule has 0 aromatic heterocycles. The van der Waals surface area contributed by atoms with Crippen LogP contribution in [0.3, 0.4) is 0 Å². The Morgan fingerprint density at radius 1 is 1.26 bits per heavy atom. The molecule has 1 unspecified atom stereocenters. The Balaban J connectivity index is 1.83. The van der Waals surface area contributed by atoms with E-state index in [-0.39, 0.29) is 24.4 Å². The Hall–Kier alpha value is -1.79. The number of nitrogens with zero attached hydrogens (tertiary/aromatic N) is 3. The van der Waals surface area contributed by atoms with Gasteiger partial charge in [-0.15, -0.1) is 0 Å². The SMILES string of the molecule is CC(C(=O)O)C1CN(C(=O)N2CCN(C)C(=O)C2)C1. The molecule has 0 aliphatic carbocycles. The standard InChI is InChI=1S/C12H19N3O4/c1-8(11(17)18)9-5-15(6-9)12(19)14-4-3-13(2)10(16)7-14/h8-9H,3-7H2,1-2H3,(H,17,18). The van der Waals surface area contributed by atoms with Gasteiger partial charge in [-0.2, -0.15) is 0 Å². The molecule has 0 bridgehead atoms. The number of aliphatic carboxylic acids is 1. The van der Waals surface area contributed by atoms with Crippen molar-refractivity contribution in [3.63, 3.8) is 0 Å². The van der Waals surface area contributed by atoms with E-state index in [9.17, 15) is 14.4 Å². The number of rotatable bonds is 2. The number of piperazine rings is 1. The number of urea groups is 1. The van der Waals surface area contributed by atoms with Crippen LogP contribution in [0.25, 0.3) is 0 Å². The molecular weight excluding hydrogens is 250 g/mol. The third kappa shape index (κ3) is 2.64. The second kappa shape index (κ2) is 5.07. The zero-order chi connectivity index (χ0) is 14.2. The first-order chi connectivity index (χ1) is 8.90. The number of hydrogen-bond acceptors (Lipinski definition) is 3. The van der Waals surface area contributed by atoms with Crippen molar-refractivity contribution < 1.29 is 19.5 Å². The van der Waals surface area contributed by atoms with Crippen molar-refractivity contribution in [2.24, 2.45) is 11.8 Å². The minimum absolute atomic E-state index is 0.0182. The van der Waals surface area contributed by atoms with Crippen molar-refractivity contribution in [1.29, 1.82) is 0 Å². The monoisotopic (exact) mass is 269 g/mol. The lowest BCUT2D eigenvalue weighted by atomic mass is 9.87. The van der Waals surface area contributed by atoms with E-state index in [1.54, 1.807) is 23.8 Å². The molecule has 2 saturated heterocycles. The van der Waals surface area contributed by atoms with Gasteiger partial charge in [-0.05, 0) is 0 Å². The highest BCUT2D eigenvalue weighted by molar-refractivity contribution is 5.85. The van der Waals surface area contributed by atoms with Crippen molar-refractivity contribution in [3.8, 4) is 0 Å². The predicted octanol–water partition coefficient (Wildman–Crippen LogP) is -0.467. The molecule has 106 valence electrons. The van der Waals surface area contributed by atoms with Gasteiger partial charge >= 0.3 is 12.0 Å². The molecule has 2 aliphatic rings. The third-order valence-electron chi connectivity index (χ3n) is 4.00. The van der Waals surface area contributed by atoms with Gasteiger partial charge in [0.25, 0.3) is 0 Å². The van der Waals surface area contributed by atoms with E-state index < -0.39 is 11.9 Å². The summed E-state index contributed by atoms with van der Waals surface area (Å²) in [5.41, 5.74) is 0. The molecule has 1 N–H and O–H groups in total. The number of amides is 3. The van der Waals surface area contributed by atoms with E-state index in [1.165, 1.54) is 4.90 Å². The molecule has 7 nitrogen and oxygen atoms in total. The summed E-state index contributed by atoms with van der Waals surface area (Å²) in [6.07, 6.45) is 0. The molecule has 19 heavy (non-hydrogen) atoms. The average Bonchev–Trinajstić information content (AvgIpc) is 2.30. The van der Waals surface area contributed by atoms with Gasteiger partial charge in [0.2, 0.25) is 5.91 Å². The van der Waals surface area contributed by atoms with Gasteiger partial charge in [-0.3, -0.25) is 9.59 Å². The van der Waals surface area contributed by atoms with Crippen LogP contribution in [0.4, 0.5) is 4.79 Å². The van der Waals surface area contributed by atoms with Crippen molar-refractivity contribution in [3.05, 3.63) is 0 Å². The van der Waals surface area contributed by atoms with Gasteiger partial charge in [0.1, 0.15) is 6.54 Å². The average molecular weight is 269 g/mol.